The molecule has 2 heterocycles. The van der Waals surface area contributed by atoms with Gasteiger partial charge in [-0.15, -0.1) is 10.2 Å². The van der Waals surface area contributed by atoms with E-state index in [-0.39, 0.29) is 0 Å². The van der Waals surface area contributed by atoms with Crippen LogP contribution in [-0.2, 0) is 0 Å². The number of pyridine rings is 1. The molecule has 3 rings (SSSR count). The molecule has 4 nitrogen and oxygen atoms in total. The Balaban J connectivity index is 2.11. The summed E-state index contributed by atoms with van der Waals surface area (Å²) in [4.78, 5) is 0. The van der Waals surface area contributed by atoms with Gasteiger partial charge in [0.05, 0.1) is 0 Å². The van der Waals surface area contributed by atoms with Gasteiger partial charge in [0.15, 0.2) is 5.65 Å². The number of rotatable bonds is 3. The lowest BCUT2D eigenvalue weighted by atomic mass is 9.85. The second-order valence-electron chi connectivity index (χ2n) is 4.98. The van der Waals surface area contributed by atoms with Crippen molar-refractivity contribution in [3.05, 3.63) is 29.7 Å². The average Bonchev–Trinajstić information content (AvgIpc) is 2.70. The molecule has 0 saturated heterocycles. The molecule has 90 valence electrons. The Kier molecular flexibility index (Phi) is 2.59. The number of hydrogen-bond acceptors (Lipinski definition) is 3. The third-order valence-corrected chi connectivity index (χ3v) is 3.85. The average molecular weight is 230 g/mol. The first-order chi connectivity index (χ1) is 8.31. The largest absolute Gasteiger partial charge is 0.330 e. The summed E-state index contributed by atoms with van der Waals surface area (Å²) < 4.78 is 2.14. The summed E-state index contributed by atoms with van der Waals surface area (Å²) in [5, 5.41) is 8.71. The zero-order valence-electron chi connectivity index (χ0n) is 10.1. The number of fused-ring (bicyclic) bond motifs is 1. The van der Waals surface area contributed by atoms with Crippen LogP contribution in [0.2, 0.25) is 0 Å². The lowest BCUT2D eigenvalue weighted by molar-refractivity contribution is 0.399. The maximum Gasteiger partial charge on any atom is 0.164 e. The first-order valence-corrected chi connectivity index (χ1v) is 6.35. The molecule has 4 heteroatoms. The van der Waals surface area contributed by atoms with Gasteiger partial charge < -0.3 is 5.73 Å². The Morgan fingerprint density at radius 2 is 2.29 bits per heavy atom. The van der Waals surface area contributed by atoms with Crippen LogP contribution in [0.4, 0.5) is 0 Å². The summed E-state index contributed by atoms with van der Waals surface area (Å²) in [5.41, 5.74) is 7.92. The Bertz CT molecular complexity index is 527. The summed E-state index contributed by atoms with van der Waals surface area (Å²) in [6.45, 7) is 2.78. The third-order valence-electron chi connectivity index (χ3n) is 3.85. The van der Waals surface area contributed by atoms with E-state index in [2.05, 4.69) is 39.9 Å². The van der Waals surface area contributed by atoms with Crippen molar-refractivity contribution in [1.29, 1.82) is 0 Å². The van der Waals surface area contributed by atoms with Crippen molar-refractivity contribution in [1.82, 2.24) is 14.6 Å². The highest BCUT2D eigenvalue weighted by atomic mass is 15.2. The van der Waals surface area contributed by atoms with E-state index in [0.717, 1.165) is 11.5 Å². The van der Waals surface area contributed by atoms with Crippen LogP contribution < -0.4 is 5.73 Å². The zero-order chi connectivity index (χ0) is 11.8. The molecule has 0 aromatic carbocycles. The van der Waals surface area contributed by atoms with E-state index >= 15 is 0 Å². The van der Waals surface area contributed by atoms with Crippen molar-refractivity contribution in [3.8, 4) is 0 Å². The molecule has 2 aromatic rings. The van der Waals surface area contributed by atoms with E-state index in [0.29, 0.717) is 18.4 Å². The highest BCUT2D eigenvalue weighted by Crippen LogP contribution is 2.35. The topological polar surface area (TPSA) is 56.2 Å². The highest BCUT2D eigenvalue weighted by molar-refractivity contribution is 5.49. The van der Waals surface area contributed by atoms with Crippen molar-refractivity contribution in [2.45, 2.75) is 38.0 Å². The second kappa shape index (κ2) is 4.11. The predicted molar refractivity (Wildman–Crippen MR) is 67.0 cm³/mol. The molecule has 0 bridgehead atoms. The minimum atomic E-state index is 0.331. The molecule has 17 heavy (non-hydrogen) atoms. The molecule has 2 N–H and O–H groups in total. The van der Waals surface area contributed by atoms with Crippen LogP contribution in [0.1, 0.15) is 49.4 Å². The maximum absolute atomic E-state index is 5.74. The van der Waals surface area contributed by atoms with E-state index in [9.17, 15) is 0 Å². The van der Waals surface area contributed by atoms with Gasteiger partial charge in [0.1, 0.15) is 5.82 Å². The van der Waals surface area contributed by atoms with E-state index in [1.807, 2.05) is 0 Å². The predicted octanol–water partition coefficient (Wildman–Crippen LogP) is 2.06. The Morgan fingerprint density at radius 3 is 2.94 bits per heavy atom. The third kappa shape index (κ3) is 1.63. The number of nitrogens with two attached hydrogens (primary N) is 1. The molecule has 0 amide bonds. The maximum atomic E-state index is 5.74. The SMILES string of the molecule is CC(CN)c1cccn2c(C3CCC3)nnc12. The number of nitrogens with zero attached hydrogens (tertiary/aromatic N) is 3. The minimum Gasteiger partial charge on any atom is -0.330 e. The summed E-state index contributed by atoms with van der Waals surface area (Å²) in [6.07, 6.45) is 5.88. The first kappa shape index (κ1) is 10.7. The normalized spacial score (nSPS) is 18.2. The van der Waals surface area contributed by atoms with Gasteiger partial charge in [-0.2, -0.15) is 0 Å². The molecular weight excluding hydrogens is 212 g/mol. The second-order valence-corrected chi connectivity index (χ2v) is 4.98. The summed E-state index contributed by atoms with van der Waals surface area (Å²) in [5.74, 6) is 2.06. The molecular formula is C13H18N4. The Labute approximate surface area is 101 Å². The quantitative estimate of drug-likeness (QED) is 0.878. The fraction of sp³-hybridized carbons (Fsp3) is 0.538. The smallest absolute Gasteiger partial charge is 0.164 e. The van der Waals surface area contributed by atoms with Crippen molar-refractivity contribution in [3.63, 3.8) is 0 Å². The van der Waals surface area contributed by atoms with Crippen molar-refractivity contribution in [2.24, 2.45) is 5.73 Å². The molecule has 0 spiro atoms. The van der Waals surface area contributed by atoms with Crippen LogP contribution in [0.3, 0.4) is 0 Å². The van der Waals surface area contributed by atoms with Crippen LogP contribution in [0.15, 0.2) is 18.3 Å². The minimum absolute atomic E-state index is 0.331. The molecule has 2 aromatic heterocycles. The van der Waals surface area contributed by atoms with E-state index < -0.39 is 0 Å². The molecule has 1 aliphatic rings. The lowest BCUT2D eigenvalue weighted by Gasteiger charge is -2.23. The summed E-state index contributed by atoms with van der Waals surface area (Å²) >= 11 is 0. The van der Waals surface area contributed by atoms with Gasteiger partial charge in [-0.3, -0.25) is 4.40 Å². The molecule has 0 aliphatic heterocycles. The van der Waals surface area contributed by atoms with Gasteiger partial charge >= 0.3 is 0 Å². The summed E-state index contributed by atoms with van der Waals surface area (Å²) in [6, 6.07) is 4.17. The molecule has 1 saturated carbocycles. The van der Waals surface area contributed by atoms with Gasteiger partial charge in [0.2, 0.25) is 0 Å². The van der Waals surface area contributed by atoms with Crippen LogP contribution in [-0.4, -0.2) is 21.1 Å². The Hall–Kier alpha value is -1.42. The highest BCUT2D eigenvalue weighted by Gasteiger charge is 2.25. The fourth-order valence-corrected chi connectivity index (χ4v) is 2.41. The Morgan fingerprint density at radius 1 is 1.47 bits per heavy atom. The summed E-state index contributed by atoms with van der Waals surface area (Å²) in [7, 11) is 0. The van der Waals surface area contributed by atoms with E-state index in [4.69, 9.17) is 5.73 Å². The molecule has 1 atom stereocenters. The van der Waals surface area contributed by atoms with Crippen LogP contribution in [0.25, 0.3) is 5.65 Å². The molecule has 1 fully saturated rings. The van der Waals surface area contributed by atoms with Crippen LogP contribution >= 0.6 is 0 Å². The van der Waals surface area contributed by atoms with E-state index in [1.165, 1.54) is 24.8 Å². The van der Waals surface area contributed by atoms with Crippen LogP contribution in [0.5, 0.6) is 0 Å². The lowest BCUT2D eigenvalue weighted by Crippen LogP contribution is -2.13. The molecule has 0 radical (unpaired) electrons. The van der Waals surface area contributed by atoms with Crippen molar-refractivity contribution >= 4 is 5.65 Å². The number of aromatic nitrogens is 3. The van der Waals surface area contributed by atoms with Gasteiger partial charge in [-0.1, -0.05) is 19.4 Å². The fourth-order valence-electron chi connectivity index (χ4n) is 2.41. The van der Waals surface area contributed by atoms with Gasteiger partial charge in [0.25, 0.3) is 0 Å². The first-order valence-electron chi connectivity index (χ1n) is 6.35. The van der Waals surface area contributed by atoms with Crippen molar-refractivity contribution in [2.75, 3.05) is 6.54 Å². The van der Waals surface area contributed by atoms with Crippen molar-refractivity contribution < 1.29 is 0 Å². The monoisotopic (exact) mass is 230 g/mol. The number of hydrogen-bond donors (Lipinski definition) is 1. The molecule has 1 unspecified atom stereocenters. The molecule has 1 aliphatic carbocycles. The van der Waals surface area contributed by atoms with Crippen LogP contribution in [0, 0.1) is 0 Å². The van der Waals surface area contributed by atoms with Gasteiger partial charge in [-0.25, -0.2) is 0 Å². The standard InChI is InChI=1S/C13H18N4/c1-9(8-14)11-6-3-7-17-12(10-4-2-5-10)15-16-13(11)17/h3,6-7,9-10H,2,4-5,8,14H2,1H3. The van der Waals surface area contributed by atoms with Gasteiger partial charge in [-0.05, 0) is 31.4 Å². The van der Waals surface area contributed by atoms with Gasteiger partial charge in [0, 0.05) is 17.7 Å². The van der Waals surface area contributed by atoms with E-state index in [1.54, 1.807) is 0 Å². The zero-order valence-corrected chi connectivity index (χ0v) is 10.1.